The molecule has 1 aliphatic rings. The first-order valence-corrected chi connectivity index (χ1v) is 7.19. The lowest BCUT2D eigenvalue weighted by atomic mass is 10.0. The van der Waals surface area contributed by atoms with Crippen LogP contribution in [0.1, 0.15) is 12.5 Å². The standard InChI is InChI=1S/C12H18N2O3S/c1-12(15)9-14(10-12)18(16,17)13(2)8-11-6-4-3-5-7-11/h3-7,15H,8-10H2,1-2H3. The van der Waals surface area contributed by atoms with E-state index >= 15 is 0 Å². The summed E-state index contributed by atoms with van der Waals surface area (Å²) in [5.74, 6) is 0. The molecule has 100 valence electrons. The Balaban J connectivity index is 2.03. The van der Waals surface area contributed by atoms with Crippen LogP contribution in [0.4, 0.5) is 0 Å². The molecule has 0 aliphatic carbocycles. The van der Waals surface area contributed by atoms with Crippen LogP contribution in [0, 0.1) is 0 Å². The normalized spacial score (nSPS) is 19.8. The minimum Gasteiger partial charge on any atom is -0.387 e. The smallest absolute Gasteiger partial charge is 0.282 e. The van der Waals surface area contributed by atoms with Gasteiger partial charge in [-0.1, -0.05) is 30.3 Å². The molecule has 0 saturated carbocycles. The fourth-order valence-electron chi connectivity index (χ4n) is 2.00. The van der Waals surface area contributed by atoms with E-state index in [9.17, 15) is 13.5 Å². The van der Waals surface area contributed by atoms with Crippen molar-refractivity contribution in [3.8, 4) is 0 Å². The van der Waals surface area contributed by atoms with E-state index in [-0.39, 0.29) is 13.1 Å². The van der Waals surface area contributed by atoms with Crippen LogP contribution in [0.25, 0.3) is 0 Å². The fraction of sp³-hybridized carbons (Fsp3) is 0.500. The largest absolute Gasteiger partial charge is 0.387 e. The summed E-state index contributed by atoms with van der Waals surface area (Å²) in [4.78, 5) is 0. The molecular formula is C12H18N2O3S. The summed E-state index contributed by atoms with van der Waals surface area (Å²) in [6, 6.07) is 9.43. The van der Waals surface area contributed by atoms with Crippen LogP contribution < -0.4 is 0 Å². The molecule has 18 heavy (non-hydrogen) atoms. The van der Waals surface area contributed by atoms with E-state index in [1.54, 1.807) is 14.0 Å². The molecule has 0 aromatic heterocycles. The number of benzene rings is 1. The predicted molar refractivity (Wildman–Crippen MR) is 69.0 cm³/mol. The van der Waals surface area contributed by atoms with Gasteiger partial charge in [-0.15, -0.1) is 0 Å². The molecule has 0 unspecified atom stereocenters. The maximum atomic E-state index is 12.1. The number of nitrogens with zero attached hydrogens (tertiary/aromatic N) is 2. The summed E-state index contributed by atoms with van der Waals surface area (Å²) in [6.45, 7) is 2.29. The molecule has 6 heteroatoms. The number of β-amino-alcohol motifs (C(OH)–C–C–N with tert-alkyl or cyclic N) is 1. The van der Waals surface area contributed by atoms with Crippen LogP contribution in [0.15, 0.2) is 30.3 Å². The van der Waals surface area contributed by atoms with Crippen molar-refractivity contribution in [3.63, 3.8) is 0 Å². The molecule has 0 radical (unpaired) electrons. The molecular weight excluding hydrogens is 252 g/mol. The molecule has 0 amide bonds. The lowest BCUT2D eigenvalue weighted by Gasteiger charge is -2.44. The van der Waals surface area contributed by atoms with Crippen LogP contribution in [0.5, 0.6) is 0 Å². The molecule has 0 bridgehead atoms. The molecule has 1 fully saturated rings. The Hall–Kier alpha value is -0.950. The number of aliphatic hydroxyl groups is 1. The van der Waals surface area contributed by atoms with Gasteiger partial charge in [-0.3, -0.25) is 0 Å². The van der Waals surface area contributed by atoms with Crippen molar-refractivity contribution in [2.45, 2.75) is 19.1 Å². The Morgan fingerprint density at radius 2 is 1.89 bits per heavy atom. The van der Waals surface area contributed by atoms with Gasteiger partial charge in [0.15, 0.2) is 0 Å². The summed E-state index contributed by atoms with van der Waals surface area (Å²) < 4.78 is 26.9. The van der Waals surface area contributed by atoms with E-state index in [1.165, 1.54) is 8.61 Å². The van der Waals surface area contributed by atoms with E-state index in [0.717, 1.165) is 5.56 Å². The highest BCUT2D eigenvalue weighted by atomic mass is 32.2. The van der Waals surface area contributed by atoms with E-state index < -0.39 is 15.8 Å². The highest BCUT2D eigenvalue weighted by Crippen LogP contribution is 2.25. The third kappa shape index (κ3) is 2.72. The van der Waals surface area contributed by atoms with Crippen LogP contribution in [0.2, 0.25) is 0 Å². The summed E-state index contributed by atoms with van der Waals surface area (Å²) in [5, 5.41) is 9.59. The zero-order chi connectivity index (χ0) is 13.4. The fourth-order valence-corrected chi connectivity index (χ4v) is 3.58. The third-order valence-corrected chi connectivity index (χ3v) is 4.83. The van der Waals surface area contributed by atoms with E-state index in [4.69, 9.17) is 0 Å². The van der Waals surface area contributed by atoms with Gasteiger partial charge in [0.2, 0.25) is 0 Å². The van der Waals surface area contributed by atoms with Crippen molar-refractivity contribution in [1.82, 2.24) is 8.61 Å². The summed E-state index contributed by atoms with van der Waals surface area (Å²) in [5.41, 5.74) is 0.0524. The Morgan fingerprint density at radius 3 is 2.39 bits per heavy atom. The topological polar surface area (TPSA) is 60.9 Å². The van der Waals surface area contributed by atoms with Crippen LogP contribution in [-0.2, 0) is 16.8 Å². The van der Waals surface area contributed by atoms with E-state index in [1.807, 2.05) is 30.3 Å². The monoisotopic (exact) mass is 270 g/mol. The zero-order valence-electron chi connectivity index (χ0n) is 10.6. The van der Waals surface area contributed by atoms with Crippen LogP contribution >= 0.6 is 0 Å². The second kappa shape index (κ2) is 4.62. The van der Waals surface area contributed by atoms with Crippen LogP contribution in [0.3, 0.4) is 0 Å². The molecule has 2 rings (SSSR count). The summed E-state index contributed by atoms with van der Waals surface area (Å²) >= 11 is 0. The first-order chi connectivity index (χ1) is 8.31. The van der Waals surface area contributed by atoms with Gasteiger partial charge in [0.05, 0.1) is 5.60 Å². The van der Waals surface area contributed by atoms with E-state index in [2.05, 4.69) is 0 Å². The SMILES string of the molecule is CN(Cc1ccccc1)S(=O)(=O)N1CC(C)(O)C1. The van der Waals surface area contributed by atoms with Crippen molar-refractivity contribution in [2.24, 2.45) is 0 Å². The number of hydrogen-bond acceptors (Lipinski definition) is 3. The van der Waals surface area contributed by atoms with Crippen molar-refractivity contribution >= 4 is 10.2 Å². The second-order valence-corrected chi connectivity index (χ2v) is 7.05. The lowest BCUT2D eigenvalue weighted by molar-refractivity contribution is -0.0448. The quantitative estimate of drug-likeness (QED) is 0.863. The van der Waals surface area contributed by atoms with Gasteiger partial charge < -0.3 is 5.11 Å². The Bertz CT molecular complexity index is 505. The van der Waals surface area contributed by atoms with Gasteiger partial charge in [0, 0.05) is 26.7 Å². The highest BCUT2D eigenvalue weighted by molar-refractivity contribution is 7.86. The Kier molecular flexibility index (Phi) is 3.46. The van der Waals surface area contributed by atoms with Crippen molar-refractivity contribution in [3.05, 3.63) is 35.9 Å². The maximum Gasteiger partial charge on any atom is 0.282 e. The highest BCUT2D eigenvalue weighted by Gasteiger charge is 2.44. The molecule has 5 nitrogen and oxygen atoms in total. The minimum absolute atomic E-state index is 0.161. The molecule has 0 spiro atoms. The van der Waals surface area contributed by atoms with Gasteiger partial charge in [-0.2, -0.15) is 17.0 Å². The van der Waals surface area contributed by atoms with Gasteiger partial charge >= 0.3 is 0 Å². The van der Waals surface area contributed by atoms with Crippen molar-refractivity contribution in [1.29, 1.82) is 0 Å². The zero-order valence-corrected chi connectivity index (χ0v) is 11.4. The summed E-state index contributed by atoms with van der Waals surface area (Å²) in [7, 11) is -1.91. The van der Waals surface area contributed by atoms with Crippen LogP contribution in [-0.4, -0.2) is 47.9 Å². The average molecular weight is 270 g/mol. The minimum atomic E-state index is -3.46. The number of hydrogen-bond donors (Lipinski definition) is 1. The second-order valence-electron chi connectivity index (χ2n) is 5.01. The molecule has 1 aromatic carbocycles. The van der Waals surface area contributed by atoms with Gasteiger partial charge in [0.25, 0.3) is 10.2 Å². The van der Waals surface area contributed by atoms with Gasteiger partial charge in [-0.05, 0) is 12.5 Å². The van der Waals surface area contributed by atoms with Crippen molar-refractivity contribution in [2.75, 3.05) is 20.1 Å². The van der Waals surface area contributed by atoms with Gasteiger partial charge in [0.1, 0.15) is 0 Å². The molecule has 1 heterocycles. The van der Waals surface area contributed by atoms with Crippen molar-refractivity contribution < 1.29 is 13.5 Å². The lowest BCUT2D eigenvalue weighted by Crippen LogP contribution is -2.63. The predicted octanol–water partition coefficient (Wildman–Crippen LogP) is 0.430. The molecule has 1 N–H and O–H groups in total. The molecule has 0 atom stereocenters. The number of rotatable bonds is 4. The third-order valence-electron chi connectivity index (χ3n) is 3.00. The Labute approximate surface area is 108 Å². The van der Waals surface area contributed by atoms with Gasteiger partial charge in [-0.25, -0.2) is 0 Å². The van der Waals surface area contributed by atoms with E-state index in [0.29, 0.717) is 6.54 Å². The first-order valence-electron chi connectivity index (χ1n) is 5.79. The first kappa shape index (κ1) is 13.5. The maximum absolute atomic E-state index is 12.1. The average Bonchev–Trinajstić information content (AvgIpc) is 2.27. The molecule has 1 saturated heterocycles. The Morgan fingerprint density at radius 1 is 1.33 bits per heavy atom. The summed E-state index contributed by atoms with van der Waals surface area (Å²) in [6.07, 6.45) is 0. The molecule has 1 aliphatic heterocycles. The molecule has 1 aromatic rings.